The van der Waals surface area contributed by atoms with E-state index in [1.54, 1.807) is 18.2 Å². The third kappa shape index (κ3) is 7.66. The first-order chi connectivity index (χ1) is 14.8. The Morgan fingerprint density at radius 2 is 1.77 bits per heavy atom. The van der Waals surface area contributed by atoms with E-state index in [0.717, 1.165) is 40.8 Å². The molecule has 2 rings (SSSR count). The van der Waals surface area contributed by atoms with Gasteiger partial charge in [-0.15, -0.1) is 0 Å². The normalized spacial score (nSPS) is 16.0. The van der Waals surface area contributed by atoms with Gasteiger partial charge in [-0.1, -0.05) is 75.1 Å². The van der Waals surface area contributed by atoms with Crippen LogP contribution in [0.2, 0.25) is 0 Å². The SMILES string of the molecule is CCCCCCCCOc1ccc(C=C2SC(=S)N(C(CC(=O)O)C(=O)O)C2=O)cc1. The summed E-state index contributed by atoms with van der Waals surface area (Å²) in [7, 11) is 0. The van der Waals surface area contributed by atoms with Crippen LogP contribution in [0.1, 0.15) is 57.4 Å². The van der Waals surface area contributed by atoms with Gasteiger partial charge in [0.2, 0.25) is 0 Å². The highest BCUT2D eigenvalue weighted by Crippen LogP contribution is 2.34. The van der Waals surface area contributed by atoms with Gasteiger partial charge in [0.1, 0.15) is 16.1 Å². The van der Waals surface area contributed by atoms with Crippen LogP contribution in [0.15, 0.2) is 29.2 Å². The monoisotopic (exact) mass is 465 g/mol. The molecular weight excluding hydrogens is 438 g/mol. The van der Waals surface area contributed by atoms with Crippen molar-refractivity contribution in [1.82, 2.24) is 4.90 Å². The van der Waals surface area contributed by atoms with Crippen LogP contribution in [0.25, 0.3) is 6.08 Å². The molecule has 1 unspecified atom stereocenters. The summed E-state index contributed by atoms with van der Waals surface area (Å²) in [4.78, 5) is 36.2. The van der Waals surface area contributed by atoms with Crippen LogP contribution in [-0.4, -0.2) is 49.9 Å². The maximum Gasteiger partial charge on any atom is 0.327 e. The highest BCUT2D eigenvalue weighted by molar-refractivity contribution is 8.26. The Morgan fingerprint density at radius 3 is 2.39 bits per heavy atom. The minimum atomic E-state index is -1.53. The van der Waals surface area contributed by atoms with E-state index in [1.807, 2.05) is 12.1 Å². The van der Waals surface area contributed by atoms with Crippen LogP contribution in [0.4, 0.5) is 0 Å². The van der Waals surface area contributed by atoms with E-state index in [4.69, 9.17) is 22.1 Å². The summed E-state index contributed by atoms with van der Waals surface area (Å²) in [6.45, 7) is 2.85. The fraction of sp³-hybridized carbons (Fsp3) is 0.455. The molecule has 1 aromatic rings. The summed E-state index contributed by atoms with van der Waals surface area (Å²) in [5, 5.41) is 18.2. The van der Waals surface area contributed by atoms with Crippen molar-refractivity contribution in [3.05, 3.63) is 34.7 Å². The Kier molecular flexibility index (Phi) is 10.00. The average Bonchev–Trinajstić information content (AvgIpc) is 2.99. The number of ether oxygens (including phenoxy) is 1. The van der Waals surface area contributed by atoms with Gasteiger partial charge in [-0.2, -0.15) is 0 Å². The minimum Gasteiger partial charge on any atom is -0.494 e. The number of carboxylic acid groups (broad SMARTS) is 2. The molecule has 0 aliphatic carbocycles. The number of unbranched alkanes of at least 4 members (excludes halogenated alkanes) is 5. The first-order valence-electron chi connectivity index (χ1n) is 10.3. The van der Waals surface area contributed by atoms with Crippen LogP contribution in [0, 0.1) is 0 Å². The molecule has 31 heavy (non-hydrogen) atoms. The Balaban J connectivity index is 1.94. The zero-order valence-corrected chi connectivity index (χ0v) is 19.0. The zero-order chi connectivity index (χ0) is 22.8. The van der Waals surface area contributed by atoms with Crippen LogP contribution in [-0.2, 0) is 14.4 Å². The Bertz CT molecular complexity index is 837. The van der Waals surface area contributed by atoms with Crippen molar-refractivity contribution >= 4 is 52.2 Å². The third-order valence-electron chi connectivity index (χ3n) is 4.73. The number of aliphatic carboxylic acids is 2. The fourth-order valence-electron chi connectivity index (χ4n) is 3.09. The van der Waals surface area contributed by atoms with E-state index in [-0.39, 0.29) is 9.23 Å². The summed E-state index contributed by atoms with van der Waals surface area (Å²) >= 11 is 6.08. The van der Waals surface area contributed by atoms with Crippen LogP contribution in [0.3, 0.4) is 0 Å². The van der Waals surface area contributed by atoms with Crippen molar-refractivity contribution in [2.75, 3.05) is 6.61 Å². The third-order valence-corrected chi connectivity index (χ3v) is 6.06. The van der Waals surface area contributed by atoms with Gasteiger partial charge in [-0.3, -0.25) is 14.5 Å². The molecule has 2 N–H and O–H groups in total. The second-order valence-electron chi connectivity index (χ2n) is 7.19. The number of hydrogen-bond acceptors (Lipinski definition) is 6. The maximum atomic E-state index is 12.7. The zero-order valence-electron chi connectivity index (χ0n) is 17.4. The highest BCUT2D eigenvalue weighted by atomic mass is 32.2. The Labute approximate surface area is 191 Å². The first-order valence-corrected chi connectivity index (χ1v) is 11.5. The lowest BCUT2D eigenvalue weighted by molar-refractivity contribution is -0.150. The van der Waals surface area contributed by atoms with Gasteiger partial charge in [0, 0.05) is 0 Å². The van der Waals surface area contributed by atoms with Crippen LogP contribution >= 0.6 is 24.0 Å². The van der Waals surface area contributed by atoms with Crippen molar-refractivity contribution in [3.63, 3.8) is 0 Å². The number of rotatable bonds is 13. The van der Waals surface area contributed by atoms with Crippen molar-refractivity contribution in [2.24, 2.45) is 0 Å². The number of carbonyl (C=O) groups is 3. The standard InChI is InChI=1S/C22H27NO6S2/c1-2-3-4-5-6-7-12-29-16-10-8-15(9-11-16)13-18-20(26)23(22(30)31-18)17(21(27)28)14-19(24)25/h8-11,13,17H,2-7,12,14H2,1H3,(H,24,25)(H,27,28). The van der Waals surface area contributed by atoms with Crippen LogP contribution < -0.4 is 4.74 Å². The number of thioether (sulfide) groups is 1. The number of amides is 1. The molecule has 0 aromatic heterocycles. The molecule has 0 saturated carbocycles. The Morgan fingerprint density at radius 1 is 1.13 bits per heavy atom. The molecular formula is C22H27NO6S2. The number of carboxylic acids is 2. The summed E-state index contributed by atoms with van der Waals surface area (Å²) in [6.07, 6.45) is 8.04. The van der Waals surface area contributed by atoms with Gasteiger partial charge >= 0.3 is 11.9 Å². The van der Waals surface area contributed by atoms with Gasteiger partial charge in [0.25, 0.3) is 5.91 Å². The molecule has 9 heteroatoms. The lowest BCUT2D eigenvalue weighted by Gasteiger charge is -2.21. The van der Waals surface area contributed by atoms with Crippen molar-refractivity contribution in [3.8, 4) is 5.75 Å². The lowest BCUT2D eigenvalue weighted by atomic mass is 10.1. The topological polar surface area (TPSA) is 104 Å². The Hall–Kier alpha value is -2.39. The molecule has 7 nitrogen and oxygen atoms in total. The van der Waals surface area contributed by atoms with E-state index in [0.29, 0.717) is 6.61 Å². The lowest BCUT2D eigenvalue weighted by Crippen LogP contribution is -2.45. The average molecular weight is 466 g/mol. The van der Waals surface area contributed by atoms with Crippen LogP contribution in [0.5, 0.6) is 5.75 Å². The molecule has 1 amide bonds. The summed E-state index contributed by atoms with van der Waals surface area (Å²) < 4.78 is 5.78. The predicted octanol–water partition coefficient (Wildman–Crippen LogP) is 4.56. The number of carbonyl (C=O) groups excluding carboxylic acids is 1. The van der Waals surface area contributed by atoms with Crippen molar-refractivity contribution in [2.45, 2.75) is 57.9 Å². The van der Waals surface area contributed by atoms with Gasteiger partial charge in [-0.05, 0) is 30.2 Å². The second kappa shape index (κ2) is 12.5. The van der Waals surface area contributed by atoms with Gasteiger partial charge in [0.05, 0.1) is 17.9 Å². The smallest absolute Gasteiger partial charge is 0.327 e. The molecule has 1 heterocycles. The van der Waals surface area contributed by atoms with E-state index < -0.39 is 30.3 Å². The maximum absolute atomic E-state index is 12.7. The quantitative estimate of drug-likeness (QED) is 0.248. The molecule has 1 fully saturated rings. The van der Waals surface area contributed by atoms with Crippen molar-refractivity contribution < 1.29 is 29.3 Å². The summed E-state index contributed by atoms with van der Waals surface area (Å²) in [5.41, 5.74) is 0.734. The molecule has 1 aliphatic heterocycles. The van der Waals surface area contributed by atoms with E-state index in [9.17, 15) is 19.5 Å². The fourth-order valence-corrected chi connectivity index (χ4v) is 4.44. The van der Waals surface area contributed by atoms with Gasteiger partial charge in [0.15, 0.2) is 0 Å². The van der Waals surface area contributed by atoms with E-state index >= 15 is 0 Å². The van der Waals surface area contributed by atoms with Gasteiger partial charge < -0.3 is 14.9 Å². The molecule has 0 spiro atoms. The number of hydrogen-bond donors (Lipinski definition) is 2. The van der Waals surface area contributed by atoms with Gasteiger partial charge in [-0.25, -0.2) is 4.79 Å². The largest absolute Gasteiger partial charge is 0.494 e. The molecule has 1 aromatic carbocycles. The number of nitrogens with zero attached hydrogens (tertiary/aromatic N) is 1. The highest BCUT2D eigenvalue weighted by Gasteiger charge is 2.41. The molecule has 168 valence electrons. The molecule has 0 bridgehead atoms. The van der Waals surface area contributed by atoms with E-state index in [2.05, 4.69) is 6.92 Å². The molecule has 0 radical (unpaired) electrons. The van der Waals surface area contributed by atoms with E-state index in [1.165, 1.54) is 25.7 Å². The summed E-state index contributed by atoms with van der Waals surface area (Å²) in [5.74, 6) is -2.59. The van der Waals surface area contributed by atoms with Crippen molar-refractivity contribution in [1.29, 1.82) is 0 Å². The molecule has 1 saturated heterocycles. The first kappa shape index (κ1) is 24.9. The number of thiocarbonyl (C=S) groups is 1. The minimum absolute atomic E-state index is 0.0313. The molecule has 1 atom stereocenters. The second-order valence-corrected chi connectivity index (χ2v) is 8.86. The predicted molar refractivity (Wildman–Crippen MR) is 124 cm³/mol. The summed E-state index contributed by atoms with van der Waals surface area (Å²) in [6, 6.07) is 5.69. The number of benzene rings is 1. The molecule has 1 aliphatic rings.